The number of aromatic nitrogens is 1. The van der Waals surface area contributed by atoms with Crippen LogP contribution in [0.25, 0.3) is 10.9 Å². The third kappa shape index (κ3) is 2.25. The molecular weight excluding hydrogens is 304 g/mol. The van der Waals surface area contributed by atoms with Crippen LogP contribution in [-0.4, -0.2) is 23.1 Å². The van der Waals surface area contributed by atoms with Gasteiger partial charge in [-0.15, -0.1) is 0 Å². The Morgan fingerprint density at radius 2 is 2.04 bits per heavy atom. The van der Waals surface area contributed by atoms with Crippen molar-refractivity contribution in [2.75, 3.05) is 12.4 Å². The summed E-state index contributed by atoms with van der Waals surface area (Å²) in [5, 5.41) is 13.9. The van der Waals surface area contributed by atoms with Gasteiger partial charge in [0.05, 0.1) is 12.6 Å². The zero-order valence-corrected chi connectivity index (χ0v) is 13.1. The first-order valence-corrected chi connectivity index (χ1v) is 7.72. The van der Waals surface area contributed by atoms with Crippen molar-refractivity contribution in [2.24, 2.45) is 0 Å². The highest BCUT2D eigenvalue weighted by Gasteiger charge is 2.29. The van der Waals surface area contributed by atoms with E-state index in [0.29, 0.717) is 17.9 Å². The first-order valence-electron chi connectivity index (χ1n) is 7.72. The highest BCUT2D eigenvalue weighted by Crippen LogP contribution is 2.43. The lowest BCUT2D eigenvalue weighted by Gasteiger charge is -2.27. The zero-order chi connectivity index (χ0) is 16.7. The van der Waals surface area contributed by atoms with Crippen molar-refractivity contribution < 1.29 is 14.6 Å². The fourth-order valence-corrected chi connectivity index (χ4v) is 3.34. The minimum atomic E-state index is -0.115. The van der Waals surface area contributed by atoms with Gasteiger partial charge < -0.3 is 15.2 Å². The van der Waals surface area contributed by atoms with Gasteiger partial charge in [-0.1, -0.05) is 18.2 Å². The van der Waals surface area contributed by atoms with E-state index >= 15 is 0 Å². The molecule has 1 atom stereocenters. The van der Waals surface area contributed by atoms with Crippen molar-refractivity contribution >= 4 is 22.5 Å². The number of carbonyl (C=O) groups is 1. The molecule has 1 unspecified atom stereocenters. The molecule has 0 saturated heterocycles. The topological polar surface area (TPSA) is 71.5 Å². The number of nitrogens with zero attached hydrogens (tertiary/aromatic N) is 1. The number of fused-ring (bicyclic) bond motifs is 2. The van der Waals surface area contributed by atoms with E-state index in [2.05, 4.69) is 10.3 Å². The molecular formula is C19H16N2O3. The number of anilines is 1. The second-order valence-electron chi connectivity index (χ2n) is 5.83. The number of phenols is 1. The van der Waals surface area contributed by atoms with Crippen molar-refractivity contribution in [1.29, 1.82) is 0 Å². The third-order valence-corrected chi connectivity index (χ3v) is 4.45. The van der Waals surface area contributed by atoms with Crippen LogP contribution < -0.4 is 10.1 Å². The van der Waals surface area contributed by atoms with E-state index in [-0.39, 0.29) is 17.6 Å². The Bertz CT molecular complexity index is 947. The number of pyridine rings is 1. The number of methoxy groups -OCH3 is 1. The number of hydrogen-bond donors (Lipinski definition) is 2. The van der Waals surface area contributed by atoms with Crippen LogP contribution in [0.4, 0.5) is 5.69 Å². The number of para-hydroxylation sites is 1. The Labute approximate surface area is 138 Å². The van der Waals surface area contributed by atoms with Gasteiger partial charge in [-0.25, -0.2) is 0 Å². The maximum absolute atomic E-state index is 12.2. The van der Waals surface area contributed by atoms with Crippen LogP contribution in [0.15, 0.2) is 48.7 Å². The molecule has 1 amide bonds. The molecule has 5 heteroatoms. The molecule has 4 rings (SSSR count). The number of aromatic hydroxyl groups is 1. The molecule has 2 N–H and O–H groups in total. The maximum Gasteiger partial charge on any atom is 0.225 e. The van der Waals surface area contributed by atoms with E-state index in [1.807, 2.05) is 30.3 Å². The van der Waals surface area contributed by atoms with Crippen LogP contribution in [0, 0.1) is 0 Å². The fraction of sp³-hybridized carbons (Fsp3) is 0.158. The average Bonchev–Trinajstić information content (AvgIpc) is 2.60. The number of ether oxygens (including phenoxy) is 1. The first-order chi connectivity index (χ1) is 11.7. The third-order valence-electron chi connectivity index (χ3n) is 4.45. The monoisotopic (exact) mass is 320 g/mol. The fourth-order valence-electron chi connectivity index (χ4n) is 3.34. The van der Waals surface area contributed by atoms with Gasteiger partial charge >= 0.3 is 0 Å². The van der Waals surface area contributed by atoms with Gasteiger partial charge in [-0.05, 0) is 29.3 Å². The van der Waals surface area contributed by atoms with Gasteiger partial charge in [-0.3, -0.25) is 9.78 Å². The number of rotatable bonds is 2. The smallest absolute Gasteiger partial charge is 0.225 e. The van der Waals surface area contributed by atoms with Crippen LogP contribution in [-0.2, 0) is 4.79 Å². The van der Waals surface area contributed by atoms with Crippen LogP contribution in [0.3, 0.4) is 0 Å². The number of carbonyl (C=O) groups excluding carboxylic acids is 1. The Hall–Kier alpha value is -3.08. The van der Waals surface area contributed by atoms with Crippen molar-refractivity contribution in [1.82, 2.24) is 4.98 Å². The highest BCUT2D eigenvalue weighted by molar-refractivity contribution is 5.97. The summed E-state index contributed by atoms with van der Waals surface area (Å²) in [6, 6.07) is 13.2. The summed E-state index contributed by atoms with van der Waals surface area (Å²) in [7, 11) is 1.51. The molecule has 24 heavy (non-hydrogen) atoms. The number of amides is 1. The molecule has 3 aromatic rings. The molecule has 1 aliphatic rings. The summed E-state index contributed by atoms with van der Waals surface area (Å²) in [5.41, 5.74) is 3.49. The standard InChI is InChI=1S/C19H16N2O3/c1-24-18-8-14-13(9-19(23)21-16(14)10-17(18)22)11-6-7-20-15-5-3-2-4-12(11)15/h2-8,10,13,22H,9H2,1H3,(H,21,23). The minimum absolute atomic E-state index is 0.0109. The molecule has 2 heterocycles. The van der Waals surface area contributed by atoms with Crippen molar-refractivity contribution in [3.8, 4) is 11.5 Å². The van der Waals surface area contributed by atoms with E-state index in [4.69, 9.17) is 4.74 Å². The average molecular weight is 320 g/mol. The highest BCUT2D eigenvalue weighted by atomic mass is 16.5. The Balaban J connectivity index is 1.95. The van der Waals surface area contributed by atoms with Crippen LogP contribution in [0.1, 0.15) is 23.5 Å². The minimum Gasteiger partial charge on any atom is -0.504 e. The lowest BCUT2D eigenvalue weighted by molar-refractivity contribution is -0.116. The van der Waals surface area contributed by atoms with Gasteiger partial charge in [0.25, 0.3) is 0 Å². The molecule has 0 spiro atoms. The Morgan fingerprint density at radius 3 is 2.88 bits per heavy atom. The lowest BCUT2D eigenvalue weighted by atomic mass is 9.83. The lowest BCUT2D eigenvalue weighted by Crippen LogP contribution is -2.23. The number of hydrogen-bond acceptors (Lipinski definition) is 4. The number of benzene rings is 2. The van der Waals surface area contributed by atoms with Crippen molar-refractivity contribution in [3.63, 3.8) is 0 Å². The van der Waals surface area contributed by atoms with E-state index < -0.39 is 0 Å². The van der Waals surface area contributed by atoms with Crippen LogP contribution in [0.2, 0.25) is 0 Å². The largest absolute Gasteiger partial charge is 0.504 e. The van der Waals surface area contributed by atoms with E-state index in [1.165, 1.54) is 7.11 Å². The normalized spacial score (nSPS) is 16.5. The van der Waals surface area contributed by atoms with Gasteiger partial charge in [-0.2, -0.15) is 0 Å². The molecule has 2 aromatic carbocycles. The summed E-state index contributed by atoms with van der Waals surface area (Å²) < 4.78 is 5.23. The molecule has 0 bridgehead atoms. The maximum atomic E-state index is 12.2. The molecule has 0 fully saturated rings. The van der Waals surface area contributed by atoms with Gasteiger partial charge in [0.1, 0.15) is 0 Å². The van der Waals surface area contributed by atoms with Crippen LogP contribution in [0.5, 0.6) is 11.5 Å². The SMILES string of the molecule is COc1cc2c(cc1O)NC(=O)CC2c1ccnc2ccccc12. The van der Waals surface area contributed by atoms with Gasteiger partial charge in [0.15, 0.2) is 11.5 Å². The summed E-state index contributed by atoms with van der Waals surface area (Å²) in [6.07, 6.45) is 2.11. The number of nitrogens with one attached hydrogen (secondary N) is 1. The number of phenolic OH excluding ortho intramolecular Hbond substituents is 1. The Kier molecular flexibility index (Phi) is 3.34. The second kappa shape index (κ2) is 5.53. The molecule has 5 nitrogen and oxygen atoms in total. The van der Waals surface area contributed by atoms with E-state index in [0.717, 1.165) is 22.0 Å². The summed E-state index contributed by atoms with van der Waals surface area (Å²) >= 11 is 0. The van der Waals surface area contributed by atoms with Crippen molar-refractivity contribution in [2.45, 2.75) is 12.3 Å². The second-order valence-corrected chi connectivity index (χ2v) is 5.83. The molecule has 1 aromatic heterocycles. The molecule has 0 aliphatic carbocycles. The van der Waals surface area contributed by atoms with Gasteiger partial charge in [0.2, 0.25) is 5.91 Å². The molecule has 0 saturated carbocycles. The van der Waals surface area contributed by atoms with E-state index in [9.17, 15) is 9.90 Å². The van der Waals surface area contributed by atoms with Crippen molar-refractivity contribution in [3.05, 3.63) is 59.8 Å². The summed E-state index contributed by atoms with van der Waals surface area (Å²) in [6.45, 7) is 0. The predicted molar refractivity (Wildman–Crippen MR) is 91.5 cm³/mol. The van der Waals surface area contributed by atoms with Gasteiger partial charge in [0, 0.05) is 35.7 Å². The zero-order valence-electron chi connectivity index (χ0n) is 13.1. The summed E-state index contributed by atoms with van der Waals surface area (Å²) in [5.74, 6) is 0.221. The first kappa shape index (κ1) is 14.5. The molecule has 0 radical (unpaired) electrons. The molecule has 1 aliphatic heterocycles. The predicted octanol–water partition coefficient (Wildman–Crippen LogP) is 3.42. The Morgan fingerprint density at radius 1 is 1.21 bits per heavy atom. The quantitative estimate of drug-likeness (QED) is 0.759. The molecule has 120 valence electrons. The van der Waals surface area contributed by atoms with E-state index in [1.54, 1.807) is 18.3 Å². The summed E-state index contributed by atoms with van der Waals surface area (Å²) in [4.78, 5) is 16.6. The van der Waals surface area contributed by atoms with Crippen LogP contribution >= 0.6 is 0 Å².